The van der Waals surface area contributed by atoms with Crippen molar-refractivity contribution in [1.82, 2.24) is 5.32 Å². The number of benzene rings is 1. The van der Waals surface area contributed by atoms with Gasteiger partial charge in [0.2, 0.25) is 0 Å². The molecule has 0 radical (unpaired) electrons. The minimum atomic E-state index is -0.160. The maximum absolute atomic E-state index is 13.4. The van der Waals surface area contributed by atoms with Crippen LogP contribution < -0.4 is 10.1 Å². The molecule has 0 aromatic heterocycles. The Balaban J connectivity index is 2.18. The van der Waals surface area contributed by atoms with Gasteiger partial charge in [0.1, 0.15) is 11.6 Å². The van der Waals surface area contributed by atoms with Gasteiger partial charge in [-0.2, -0.15) is 0 Å². The van der Waals surface area contributed by atoms with Crippen molar-refractivity contribution >= 4 is 0 Å². The highest BCUT2D eigenvalue weighted by molar-refractivity contribution is 5.41. The summed E-state index contributed by atoms with van der Waals surface area (Å²) in [6.45, 7) is 4.04. The number of aryl methyl sites for hydroxylation is 1. The van der Waals surface area contributed by atoms with Gasteiger partial charge in [-0.05, 0) is 68.5 Å². The third-order valence-corrected chi connectivity index (χ3v) is 3.49. The molecule has 0 saturated carbocycles. The second-order valence-electron chi connectivity index (χ2n) is 4.81. The van der Waals surface area contributed by atoms with Crippen molar-refractivity contribution in [3.05, 3.63) is 29.1 Å². The largest absolute Gasteiger partial charge is 0.496 e. The molecule has 1 N–H and O–H groups in total. The fourth-order valence-electron chi connectivity index (χ4n) is 2.64. The fourth-order valence-corrected chi connectivity index (χ4v) is 2.64. The van der Waals surface area contributed by atoms with Crippen LogP contribution >= 0.6 is 0 Å². The smallest absolute Gasteiger partial charge is 0.125 e. The molecule has 0 amide bonds. The first-order valence-electron chi connectivity index (χ1n) is 6.24. The molecule has 2 nitrogen and oxygen atoms in total. The predicted molar refractivity (Wildman–Crippen MR) is 67.0 cm³/mol. The summed E-state index contributed by atoms with van der Waals surface area (Å²) in [4.78, 5) is 0. The van der Waals surface area contributed by atoms with Crippen molar-refractivity contribution in [3.8, 4) is 5.75 Å². The standard InChI is InChI=1S/C14H20FNO/c1-10-7-13(15)9-12(14(10)17-2)8-11-3-5-16-6-4-11/h7,9,11,16H,3-6,8H2,1-2H3. The van der Waals surface area contributed by atoms with Gasteiger partial charge in [0.05, 0.1) is 7.11 Å². The monoisotopic (exact) mass is 237 g/mol. The van der Waals surface area contributed by atoms with Crippen molar-refractivity contribution in [2.75, 3.05) is 20.2 Å². The van der Waals surface area contributed by atoms with Crippen LogP contribution in [0.5, 0.6) is 5.75 Å². The quantitative estimate of drug-likeness (QED) is 0.872. The molecule has 0 unspecified atom stereocenters. The summed E-state index contributed by atoms with van der Waals surface area (Å²) in [7, 11) is 1.66. The van der Waals surface area contributed by atoms with Crippen LogP contribution in [0.15, 0.2) is 12.1 Å². The number of hydrogen-bond acceptors (Lipinski definition) is 2. The molecule has 1 saturated heterocycles. The Kier molecular flexibility index (Phi) is 4.00. The van der Waals surface area contributed by atoms with Gasteiger partial charge in [-0.3, -0.25) is 0 Å². The van der Waals surface area contributed by atoms with Gasteiger partial charge in [0.25, 0.3) is 0 Å². The molecule has 1 aromatic carbocycles. The highest BCUT2D eigenvalue weighted by Gasteiger charge is 2.17. The summed E-state index contributed by atoms with van der Waals surface area (Å²) in [5, 5.41) is 3.35. The molecule has 17 heavy (non-hydrogen) atoms. The second-order valence-corrected chi connectivity index (χ2v) is 4.81. The topological polar surface area (TPSA) is 21.3 Å². The zero-order chi connectivity index (χ0) is 12.3. The number of rotatable bonds is 3. The SMILES string of the molecule is COc1c(C)cc(F)cc1CC1CCNCC1. The summed E-state index contributed by atoms with van der Waals surface area (Å²) in [6, 6.07) is 3.15. The normalized spacial score (nSPS) is 17.1. The van der Waals surface area contributed by atoms with E-state index in [-0.39, 0.29) is 5.82 Å². The summed E-state index contributed by atoms with van der Waals surface area (Å²) < 4.78 is 18.8. The number of nitrogens with one attached hydrogen (secondary N) is 1. The van der Waals surface area contributed by atoms with Gasteiger partial charge in [-0.15, -0.1) is 0 Å². The van der Waals surface area contributed by atoms with Crippen LogP contribution in [-0.4, -0.2) is 20.2 Å². The van der Waals surface area contributed by atoms with E-state index >= 15 is 0 Å². The maximum atomic E-state index is 13.4. The van der Waals surface area contributed by atoms with Gasteiger partial charge in [0.15, 0.2) is 0 Å². The molecular weight excluding hydrogens is 217 g/mol. The number of piperidine rings is 1. The molecule has 0 atom stereocenters. The van der Waals surface area contributed by atoms with E-state index in [0.717, 1.165) is 36.4 Å². The molecular formula is C14H20FNO. The van der Waals surface area contributed by atoms with Crippen LogP contribution in [0.25, 0.3) is 0 Å². The van der Waals surface area contributed by atoms with Gasteiger partial charge in [-0.25, -0.2) is 4.39 Å². The average molecular weight is 237 g/mol. The molecule has 1 heterocycles. The van der Waals surface area contributed by atoms with E-state index in [4.69, 9.17) is 4.74 Å². The molecule has 94 valence electrons. The van der Waals surface area contributed by atoms with Gasteiger partial charge in [-0.1, -0.05) is 0 Å². The van der Waals surface area contributed by atoms with E-state index in [1.165, 1.54) is 18.9 Å². The summed E-state index contributed by atoms with van der Waals surface area (Å²) in [6.07, 6.45) is 3.25. The summed E-state index contributed by atoms with van der Waals surface area (Å²) >= 11 is 0. The lowest BCUT2D eigenvalue weighted by Gasteiger charge is -2.23. The average Bonchev–Trinajstić information content (AvgIpc) is 2.30. The van der Waals surface area contributed by atoms with Crippen molar-refractivity contribution in [3.63, 3.8) is 0 Å². The van der Waals surface area contributed by atoms with E-state index in [9.17, 15) is 4.39 Å². The lowest BCUT2D eigenvalue weighted by molar-refractivity contribution is 0.359. The molecule has 3 heteroatoms. The molecule has 1 fully saturated rings. The highest BCUT2D eigenvalue weighted by Crippen LogP contribution is 2.29. The first-order chi connectivity index (χ1) is 8.20. The van der Waals surface area contributed by atoms with Crippen LogP contribution in [0.4, 0.5) is 4.39 Å². The Bertz CT molecular complexity index is 386. The van der Waals surface area contributed by atoms with E-state index in [2.05, 4.69) is 5.32 Å². The highest BCUT2D eigenvalue weighted by atomic mass is 19.1. The van der Waals surface area contributed by atoms with Crippen LogP contribution in [0, 0.1) is 18.7 Å². The first kappa shape index (κ1) is 12.4. The third kappa shape index (κ3) is 2.97. The third-order valence-electron chi connectivity index (χ3n) is 3.49. The minimum Gasteiger partial charge on any atom is -0.496 e. The van der Waals surface area contributed by atoms with E-state index in [0.29, 0.717) is 5.92 Å². The molecule has 0 spiro atoms. The predicted octanol–water partition coefficient (Wildman–Crippen LogP) is 2.68. The minimum absolute atomic E-state index is 0.160. The Labute approximate surface area is 102 Å². The summed E-state index contributed by atoms with van der Waals surface area (Å²) in [5.41, 5.74) is 1.90. The zero-order valence-electron chi connectivity index (χ0n) is 10.6. The molecule has 0 bridgehead atoms. The van der Waals surface area contributed by atoms with Crippen LogP contribution in [0.1, 0.15) is 24.0 Å². The number of ether oxygens (including phenoxy) is 1. The Hall–Kier alpha value is -1.09. The number of halogens is 1. The van der Waals surface area contributed by atoms with Crippen LogP contribution in [-0.2, 0) is 6.42 Å². The van der Waals surface area contributed by atoms with Gasteiger partial charge < -0.3 is 10.1 Å². The van der Waals surface area contributed by atoms with Gasteiger partial charge >= 0.3 is 0 Å². The van der Waals surface area contributed by atoms with Crippen molar-refractivity contribution in [2.24, 2.45) is 5.92 Å². The molecule has 0 aliphatic carbocycles. The molecule has 1 aliphatic rings. The van der Waals surface area contributed by atoms with Crippen molar-refractivity contribution in [1.29, 1.82) is 0 Å². The van der Waals surface area contributed by atoms with E-state index in [1.54, 1.807) is 13.2 Å². The van der Waals surface area contributed by atoms with E-state index in [1.807, 2.05) is 6.92 Å². The molecule has 1 aliphatic heterocycles. The number of hydrogen-bond donors (Lipinski definition) is 1. The van der Waals surface area contributed by atoms with Crippen LogP contribution in [0.3, 0.4) is 0 Å². The fraction of sp³-hybridized carbons (Fsp3) is 0.571. The van der Waals surface area contributed by atoms with Gasteiger partial charge in [0, 0.05) is 0 Å². The Morgan fingerprint density at radius 2 is 2.06 bits per heavy atom. The van der Waals surface area contributed by atoms with Crippen molar-refractivity contribution < 1.29 is 9.13 Å². The second kappa shape index (κ2) is 5.50. The summed E-state index contributed by atoms with van der Waals surface area (Å²) in [5.74, 6) is 1.34. The Morgan fingerprint density at radius 1 is 1.35 bits per heavy atom. The molecule has 1 aromatic rings. The first-order valence-corrected chi connectivity index (χ1v) is 6.24. The Morgan fingerprint density at radius 3 is 2.71 bits per heavy atom. The lowest BCUT2D eigenvalue weighted by Crippen LogP contribution is -2.28. The lowest BCUT2D eigenvalue weighted by atomic mass is 9.90. The zero-order valence-corrected chi connectivity index (χ0v) is 10.6. The van der Waals surface area contributed by atoms with Crippen molar-refractivity contribution in [2.45, 2.75) is 26.2 Å². The van der Waals surface area contributed by atoms with E-state index < -0.39 is 0 Å². The maximum Gasteiger partial charge on any atom is 0.125 e. The number of methoxy groups -OCH3 is 1. The molecule has 2 rings (SSSR count). The van der Waals surface area contributed by atoms with Crippen LogP contribution in [0.2, 0.25) is 0 Å².